The smallest absolute Gasteiger partial charge is 0.269 e. The average Bonchev–Trinajstić information content (AvgIpc) is 2.78. The molecule has 0 saturated carbocycles. The van der Waals surface area contributed by atoms with Gasteiger partial charge in [0, 0.05) is 17.8 Å². The van der Waals surface area contributed by atoms with Gasteiger partial charge in [0.25, 0.3) is 11.6 Å². The fourth-order valence-corrected chi connectivity index (χ4v) is 4.70. The Labute approximate surface area is 212 Å². The molecule has 0 aliphatic carbocycles. The number of hydrogen-bond donors (Lipinski definition) is 1. The van der Waals surface area contributed by atoms with Crippen molar-refractivity contribution >= 4 is 61.9 Å². The van der Waals surface area contributed by atoms with Crippen molar-refractivity contribution in [1.29, 1.82) is 5.26 Å². The molecule has 0 unspecified atom stereocenters. The van der Waals surface area contributed by atoms with E-state index in [1.165, 1.54) is 18.2 Å². The molecular weight excluding hydrogens is 601 g/mol. The minimum Gasteiger partial charge on any atom is -0.487 e. The summed E-state index contributed by atoms with van der Waals surface area (Å²) in [6.45, 7) is 2.02. The van der Waals surface area contributed by atoms with Crippen molar-refractivity contribution in [3.05, 3.63) is 101 Å². The fraction of sp³-hybridized carbons (Fsp3) is 0.0833. The summed E-state index contributed by atoms with van der Waals surface area (Å²) in [4.78, 5) is 23.1. The van der Waals surface area contributed by atoms with Gasteiger partial charge in [0.1, 0.15) is 24.0 Å². The van der Waals surface area contributed by atoms with Crippen LogP contribution in [0.25, 0.3) is 6.08 Å². The molecule has 3 aromatic rings. The molecule has 0 aliphatic heterocycles. The minimum atomic E-state index is -0.496. The summed E-state index contributed by atoms with van der Waals surface area (Å²) in [5.41, 5.74) is 2.81. The normalized spacial score (nSPS) is 10.9. The molecule has 9 heteroatoms. The van der Waals surface area contributed by atoms with Gasteiger partial charge < -0.3 is 10.1 Å². The number of benzene rings is 3. The van der Waals surface area contributed by atoms with Crippen molar-refractivity contribution in [1.82, 2.24) is 0 Å². The number of rotatable bonds is 7. The number of nitrogens with one attached hydrogen (secondary N) is 1. The number of nitro benzene ring substituents is 1. The van der Waals surface area contributed by atoms with Crippen LogP contribution >= 0.6 is 38.5 Å². The molecule has 0 atom stereocenters. The number of ether oxygens (including phenoxy) is 1. The van der Waals surface area contributed by atoms with E-state index >= 15 is 0 Å². The first kappa shape index (κ1) is 24.4. The summed E-state index contributed by atoms with van der Waals surface area (Å²) in [6, 6.07) is 19.0. The van der Waals surface area contributed by atoms with E-state index in [-0.39, 0.29) is 17.9 Å². The SMILES string of the molecule is Cc1ccccc1NC(=O)/C(C#N)=C\c1cc(Br)c(OCc2cccc([N+](=O)[O-])c2)c(I)c1. The van der Waals surface area contributed by atoms with Crippen molar-refractivity contribution in [2.24, 2.45) is 0 Å². The number of hydrogen-bond acceptors (Lipinski definition) is 5. The van der Waals surface area contributed by atoms with Crippen LogP contribution < -0.4 is 10.1 Å². The van der Waals surface area contributed by atoms with Gasteiger partial charge in [-0.3, -0.25) is 14.9 Å². The Morgan fingerprint density at radius 2 is 2.00 bits per heavy atom. The van der Waals surface area contributed by atoms with Crippen LogP contribution in [0.4, 0.5) is 11.4 Å². The number of anilines is 1. The molecule has 0 aromatic heterocycles. The third-order valence-corrected chi connectivity index (χ3v) is 5.98. The Hall–Kier alpha value is -3.23. The van der Waals surface area contributed by atoms with Crippen LogP contribution in [0.1, 0.15) is 16.7 Å². The van der Waals surface area contributed by atoms with Crippen molar-refractivity contribution in [3.63, 3.8) is 0 Å². The molecule has 1 N–H and O–H groups in total. The van der Waals surface area contributed by atoms with Gasteiger partial charge >= 0.3 is 0 Å². The Bertz CT molecular complexity index is 1280. The Kier molecular flexibility index (Phi) is 8.19. The maximum Gasteiger partial charge on any atom is 0.269 e. The monoisotopic (exact) mass is 617 g/mol. The topological polar surface area (TPSA) is 105 Å². The van der Waals surface area contributed by atoms with E-state index in [1.807, 2.05) is 31.2 Å². The second-order valence-electron chi connectivity index (χ2n) is 6.97. The molecule has 166 valence electrons. The van der Waals surface area contributed by atoms with Gasteiger partial charge in [-0.2, -0.15) is 5.26 Å². The minimum absolute atomic E-state index is 0.00152. The molecule has 0 aliphatic rings. The van der Waals surface area contributed by atoms with Crippen LogP contribution in [0.2, 0.25) is 0 Å². The number of carbonyl (C=O) groups is 1. The Morgan fingerprint density at radius 3 is 2.67 bits per heavy atom. The number of non-ortho nitro benzene ring substituents is 1. The van der Waals surface area contributed by atoms with Gasteiger partial charge in [0.05, 0.1) is 13.0 Å². The first-order valence-electron chi connectivity index (χ1n) is 9.62. The third-order valence-electron chi connectivity index (χ3n) is 4.59. The Morgan fingerprint density at radius 1 is 1.24 bits per heavy atom. The van der Waals surface area contributed by atoms with Gasteiger partial charge in [-0.15, -0.1) is 0 Å². The largest absolute Gasteiger partial charge is 0.487 e. The maximum absolute atomic E-state index is 12.6. The first-order chi connectivity index (χ1) is 15.8. The quantitative estimate of drug-likeness (QED) is 0.109. The van der Waals surface area contributed by atoms with Gasteiger partial charge in [-0.1, -0.05) is 30.3 Å². The van der Waals surface area contributed by atoms with E-state index in [4.69, 9.17) is 4.74 Å². The van der Waals surface area contributed by atoms with E-state index in [0.29, 0.717) is 27.0 Å². The summed E-state index contributed by atoms with van der Waals surface area (Å²) in [7, 11) is 0. The summed E-state index contributed by atoms with van der Waals surface area (Å²) in [5.74, 6) is 0.0612. The molecule has 0 saturated heterocycles. The molecule has 7 nitrogen and oxygen atoms in total. The summed E-state index contributed by atoms with van der Waals surface area (Å²) in [6.07, 6.45) is 1.50. The highest BCUT2D eigenvalue weighted by atomic mass is 127. The predicted molar refractivity (Wildman–Crippen MR) is 138 cm³/mol. The summed E-state index contributed by atoms with van der Waals surface area (Å²) < 4.78 is 7.25. The Balaban J connectivity index is 1.78. The number of amides is 1. The highest BCUT2D eigenvalue weighted by Crippen LogP contribution is 2.33. The lowest BCUT2D eigenvalue weighted by molar-refractivity contribution is -0.384. The molecule has 3 rings (SSSR count). The molecule has 0 fully saturated rings. The van der Waals surface area contributed by atoms with E-state index in [0.717, 1.165) is 9.13 Å². The predicted octanol–water partition coefficient (Wildman–Crippen LogP) is 6.40. The van der Waals surface area contributed by atoms with Crippen LogP contribution in [-0.4, -0.2) is 10.8 Å². The van der Waals surface area contributed by atoms with Crippen LogP contribution in [0.5, 0.6) is 5.75 Å². The third kappa shape index (κ3) is 6.40. The van der Waals surface area contributed by atoms with E-state index in [1.54, 1.807) is 30.3 Å². The van der Waals surface area contributed by atoms with Crippen LogP contribution in [-0.2, 0) is 11.4 Å². The molecule has 3 aromatic carbocycles. The van der Waals surface area contributed by atoms with Gasteiger partial charge in [-0.25, -0.2) is 0 Å². The average molecular weight is 618 g/mol. The standard InChI is InChI=1S/C24H17BrIN3O4/c1-15-5-2-3-8-22(15)28-24(30)18(13-27)9-17-11-20(25)23(21(26)12-17)33-14-16-6-4-7-19(10-16)29(31)32/h2-12H,14H2,1H3,(H,28,30)/b18-9-. The number of nitro groups is 1. The lowest BCUT2D eigenvalue weighted by atomic mass is 10.1. The molecule has 33 heavy (non-hydrogen) atoms. The highest BCUT2D eigenvalue weighted by Gasteiger charge is 2.14. The fourth-order valence-electron chi connectivity index (χ4n) is 2.93. The molecule has 0 bridgehead atoms. The summed E-state index contributed by atoms with van der Waals surface area (Å²) >= 11 is 5.57. The molecular formula is C24H17BrIN3O4. The van der Waals surface area contributed by atoms with Gasteiger partial charge in [-0.05, 0) is 86.4 Å². The number of aryl methyl sites for hydroxylation is 1. The van der Waals surface area contributed by atoms with Crippen molar-refractivity contribution in [3.8, 4) is 11.8 Å². The summed E-state index contributed by atoms with van der Waals surface area (Å²) in [5, 5.41) is 23.2. The molecule has 1 amide bonds. The zero-order chi connectivity index (χ0) is 24.0. The molecule has 0 radical (unpaired) electrons. The van der Waals surface area contributed by atoms with Gasteiger partial charge in [0.2, 0.25) is 0 Å². The molecule has 0 spiro atoms. The molecule has 0 heterocycles. The van der Waals surface area contributed by atoms with E-state index in [9.17, 15) is 20.2 Å². The van der Waals surface area contributed by atoms with E-state index < -0.39 is 10.8 Å². The second-order valence-corrected chi connectivity index (χ2v) is 8.98. The maximum atomic E-state index is 12.6. The number of nitriles is 1. The lowest BCUT2D eigenvalue weighted by Crippen LogP contribution is -2.14. The van der Waals surface area contributed by atoms with Crippen LogP contribution in [0, 0.1) is 31.9 Å². The number of carbonyl (C=O) groups excluding carboxylic acids is 1. The van der Waals surface area contributed by atoms with Crippen molar-refractivity contribution < 1.29 is 14.5 Å². The van der Waals surface area contributed by atoms with Crippen LogP contribution in [0.15, 0.2) is 70.7 Å². The van der Waals surface area contributed by atoms with Crippen molar-refractivity contribution in [2.75, 3.05) is 5.32 Å². The zero-order valence-corrected chi connectivity index (χ0v) is 21.1. The lowest BCUT2D eigenvalue weighted by Gasteiger charge is -2.12. The van der Waals surface area contributed by atoms with Crippen LogP contribution in [0.3, 0.4) is 0 Å². The number of para-hydroxylation sites is 1. The highest BCUT2D eigenvalue weighted by molar-refractivity contribution is 14.1. The van der Waals surface area contributed by atoms with Crippen molar-refractivity contribution in [2.45, 2.75) is 13.5 Å². The first-order valence-corrected chi connectivity index (χ1v) is 11.5. The number of nitrogens with zero attached hydrogens (tertiary/aromatic N) is 2. The number of halogens is 2. The second kappa shape index (κ2) is 11.1. The zero-order valence-electron chi connectivity index (χ0n) is 17.3. The van der Waals surface area contributed by atoms with E-state index in [2.05, 4.69) is 43.8 Å². The van der Waals surface area contributed by atoms with Gasteiger partial charge in [0.15, 0.2) is 0 Å².